The first-order chi connectivity index (χ1) is 8.37. The normalized spacial score (nSPS) is 15.7. The van der Waals surface area contributed by atoms with Gasteiger partial charge in [-0.25, -0.2) is 4.98 Å². The first kappa shape index (κ1) is 15.2. The van der Waals surface area contributed by atoms with Crippen molar-refractivity contribution in [2.75, 3.05) is 7.05 Å². The largest absolute Gasteiger partial charge is 0.334 e. The second kappa shape index (κ2) is 6.37. The fraction of sp³-hybridized carbons (Fsp3) is 0.800. The molecule has 0 saturated heterocycles. The molecule has 1 aromatic heterocycles. The molecular formula is C15H29N3. The second-order valence-electron chi connectivity index (χ2n) is 6.52. The average molecular weight is 251 g/mol. The number of hydrogen-bond acceptors (Lipinski definition) is 2. The highest BCUT2D eigenvalue weighted by molar-refractivity contribution is 4.99. The minimum absolute atomic E-state index is 0.359. The minimum atomic E-state index is 0.359. The summed E-state index contributed by atoms with van der Waals surface area (Å²) in [5, 5.41) is 3.41. The molecule has 3 heteroatoms. The van der Waals surface area contributed by atoms with Crippen LogP contribution in [0.5, 0.6) is 0 Å². The summed E-state index contributed by atoms with van der Waals surface area (Å²) in [5.74, 6) is 1.87. The van der Waals surface area contributed by atoms with E-state index < -0.39 is 0 Å². The summed E-state index contributed by atoms with van der Waals surface area (Å²) in [4.78, 5) is 4.51. The lowest BCUT2D eigenvalue weighted by atomic mass is 9.83. The highest BCUT2D eigenvalue weighted by Gasteiger charge is 2.21. The van der Waals surface area contributed by atoms with E-state index in [2.05, 4.69) is 55.7 Å². The van der Waals surface area contributed by atoms with Crippen LogP contribution in [-0.2, 0) is 6.54 Å². The van der Waals surface area contributed by atoms with Crippen LogP contribution in [0, 0.1) is 11.3 Å². The van der Waals surface area contributed by atoms with Crippen LogP contribution in [0.3, 0.4) is 0 Å². The van der Waals surface area contributed by atoms with Crippen molar-refractivity contribution in [3.63, 3.8) is 0 Å². The topological polar surface area (TPSA) is 29.9 Å². The molecule has 2 atom stereocenters. The van der Waals surface area contributed by atoms with Crippen molar-refractivity contribution in [1.29, 1.82) is 0 Å². The van der Waals surface area contributed by atoms with Gasteiger partial charge < -0.3 is 9.88 Å². The third-order valence-electron chi connectivity index (χ3n) is 3.35. The van der Waals surface area contributed by atoms with E-state index in [1.807, 2.05) is 13.2 Å². The van der Waals surface area contributed by atoms with Gasteiger partial charge in [-0.3, -0.25) is 0 Å². The van der Waals surface area contributed by atoms with Crippen molar-refractivity contribution in [2.24, 2.45) is 11.3 Å². The highest BCUT2D eigenvalue weighted by atomic mass is 15.1. The van der Waals surface area contributed by atoms with E-state index in [0.29, 0.717) is 17.4 Å². The zero-order valence-corrected chi connectivity index (χ0v) is 12.8. The van der Waals surface area contributed by atoms with Crippen molar-refractivity contribution in [1.82, 2.24) is 14.9 Å². The maximum Gasteiger partial charge on any atom is 0.125 e. The first-order valence-corrected chi connectivity index (χ1v) is 7.05. The molecule has 3 nitrogen and oxygen atoms in total. The zero-order chi connectivity index (χ0) is 13.8. The van der Waals surface area contributed by atoms with Crippen LogP contribution in [0.25, 0.3) is 0 Å². The van der Waals surface area contributed by atoms with E-state index in [-0.39, 0.29) is 0 Å². The fourth-order valence-corrected chi connectivity index (χ4v) is 2.78. The van der Waals surface area contributed by atoms with E-state index in [4.69, 9.17) is 0 Å². The van der Waals surface area contributed by atoms with E-state index in [0.717, 1.165) is 13.0 Å². The van der Waals surface area contributed by atoms with Gasteiger partial charge in [0.1, 0.15) is 5.82 Å². The molecule has 0 saturated carbocycles. The lowest BCUT2D eigenvalue weighted by molar-refractivity contribution is 0.274. The molecule has 0 aromatic carbocycles. The third kappa shape index (κ3) is 4.45. The Morgan fingerprint density at radius 3 is 2.56 bits per heavy atom. The summed E-state index contributed by atoms with van der Waals surface area (Å²) in [7, 11) is 2.03. The van der Waals surface area contributed by atoms with Crippen molar-refractivity contribution in [2.45, 2.75) is 60.0 Å². The van der Waals surface area contributed by atoms with Gasteiger partial charge in [0.05, 0.1) is 6.04 Å². The van der Waals surface area contributed by atoms with Crippen LogP contribution >= 0.6 is 0 Å². The molecule has 1 rings (SSSR count). The number of hydrogen-bond donors (Lipinski definition) is 1. The lowest BCUT2D eigenvalue weighted by Crippen LogP contribution is -2.24. The molecule has 1 N–H and O–H groups in total. The summed E-state index contributed by atoms with van der Waals surface area (Å²) >= 11 is 0. The first-order valence-electron chi connectivity index (χ1n) is 7.05. The molecule has 104 valence electrons. The molecule has 0 amide bonds. The van der Waals surface area contributed by atoms with E-state index in [1.54, 1.807) is 0 Å². The molecular weight excluding hydrogens is 222 g/mol. The van der Waals surface area contributed by atoms with Crippen molar-refractivity contribution < 1.29 is 0 Å². The average Bonchev–Trinajstić information content (AvgIpc) is 2.71. The van der Waals surface area contributed by atoms with E-state index in [9.17, 15) is 0 Å². The molecule has 0 radical (unpaired) electrons. The standard InChI is InChI=1S/C15H29N3/c1-7-18-9-8-17-14(18)13(16-6)10-12(2)11-15(3,4)5/h8-9,12-13,16H,7,10-11H2,1-6H3. The monoisotopic (exact) mass is 251 g/mol. The van der Waals surface area contributed by atoms with Crippen LogP contribution in [0.4, 0.5) is 0 Å². The lowest BCUT2D eigenvalue weighted by Gasteiger charge is -2.26. The predicted molar refractivity (Wildman–Crippen MR) is 77.6 cm³/mol. The van der Waals surface area contributed by atoms with E-state index in [1.165, 1.54) is 12.2 Å². The van der Waals surface area contributed by atoms with E-state index >= 15 is 0 Å². The molecule has 0 aliphatic carbocycles. The molecule has 0 spiro atoms. The number of nitrogens with zero attached hydrogens (tertiary/aromatic N) is 2. The Labute approximate surface area is 112 Å². The Bertz CT molecular complexity index is 349. The SMILES string of the molecule is CCn1ccnc1C(CC(C)CC(C)(C)C)NC. The summed E-state index contributed by atoms with van der Waals surface area (Å²) in [6.45, 7) is 12.4. The molecule has 0 fully saturated rings. The molecule has 0 aliphatic rings. The predicted octanol–water partition coefficient (Wildman–Crippen LogP) is 3.63. The van der Waals surface area contributed by atoms with Crippen LogP contribution < -0.4 is 5.32 Å². The Hall–Kier alpha value is -0.830. The number of imidazole rings is 1. The molecule has 0 bridgehead atoms. The Kier molecular flexibility index (Phi) is 5.39. The number of rotatable bonds is 6. The van der Waals surface area contributed by atoms with Gasteiger partial charge in [0, 0.05) is 18.9 Å². The number of aryl methyl sites for hydroxylation is 1. The molecule has 2 unspecified atom stereocenters. The number of aromatic nitrogens is 2. The molecule has 18 heavy (non-hydrogen) atoms. The molecule has 1 heterocycles. The zero-order valence-electron chi connectivity index (χ0n) is 12.8. The molecule has 1 aromatic rings. The summed E-state index contributed by atoms with van der Waals surface area (Å²) in [6.07, 6.45) is 6.36. The van der Waals surface area contributed by atoms with Gasteiger partial charge in [0.15, 0.2) is 0 Å². The summed E-state index contributed by atoms with van der Waals surface area (Å²) < 4.78 is 2.23. The van der Waals surface area contributed by atoms with Crippen LogP contribution in [-0.4, -0.2) is 16.6 Å². The Balaban J connectivity index is 2.68. The highest BCUT2D eigenvalue weighted by Crippen LogP contribution is 2.29. The molecule has 0 aliphatic heterocycles. The van der Waals surface area contributed by atoms with Crippen LogP contribution in [0.15, 0.2) is 12.4 Å². The third-order valence-corrected chi connectivity index (χ3v) is 3.35. The smallest absolute Gasteiger partial charge is 0.125 e. The van der Waals surface area contributed by atoms with Crippen molar-refractivity contribution in [3.05, 3.63) is 18.2 Å². The van der Waals surface area contributed by atoms with Gasteiger partial charge in [-0.05, 0) is 38.1 Å². The second-order valence-corrected chi connectivity index (χ2v) is 6.52. The van der Waals surface area contributed by atoms with Crippen LogP contribution in [0.1, 0.15) is 59.3 Å². The van der Waals surface area contributed by atoms with Gasteiger partial charge in [-0.15, -0.1) is 0 Å². The fourth-order valence-electron chi connectivity index (χ4n) is 2.78. The van der Waals surface area contributed by atoms with Crippen LogP contribution in [0.2, 0.25) is 0 Å². The summed E-state index contributed by atoms with van der Waals surface area (Å²) in [6, 6.07) is 0.359. The quantitative estimate of drug-likeness (QED) is 0.836. The number of nitrogens with one attached hydrogen (secondary N) is 1. The maximum absolute atomic E-state index is 4.51. The van der Waals surface area contributed by atoms with Gasteiger partial charge in [-0.1, -0.05) is 27.7 Å². The van der Waals surface area contributed by atoms with Gasteiger partial charge in [0.2, 0.25) is 0 Å². The minimum Gasteiger partial charge on any atom is -0.334 e. The summed E-state index contributed by atoms with van der Waals surface area (Å²) in [5.41, 5.74) is 0.401. The maximum atomic E-state index is 4.51. The van der Waals surface area contributed by atoms with Crippen molar-refractivity contribution in [3.8, 4) is 0 Å². The van der Waals surface area contributed by atoms with Gasteiger partial charge >= 0.3 is 0 Å². The van der Waals surface area contributed by atoms with Crippen molar-refractivity contribution >= 4 is 0 Å². The van der Waals surface area contributed by atoms with Gasteiger partial charge in [-0.2, -0.15) is 0 Å². The Morgan fingerprint density at radius 1 is 1.39 bits per heavy atom. The Morgan fingerprint density at radius 2 is 2.06 bits per heavy atom. The van der Waals surface area contributed by atoms with Gasteiger partial charge in [0.25, 0.3) is 0 Å².